The van der Waals surface area contributed by atoms with Crippen molar-refractivity contribution in [1.82, 2.24) is 4.57 Å². The van der Waals surface area contributed by atoms with Gasteiger partial charge in [0.2, 0.25) is 0 Å². The van der Waals surface area contributed by atoms with Crippen molar-refractivity contribution in [2.75, 3.05) is 18.3 Å². The zero-order chi connectivity index (χ0) is 23.4. The number of anilines is 1. The minimum Gasteiger partial charge on any atom is -0.497 e. The van der Waals surface area contributed by atoms with E-state index in [4.69, 9.17) is 21.1 Å². The Labute approximate surface area is 198 Å². The number of nitrogens with zero attached hydrogens (tertiary/aromatic N) is 1. The van der Waals surface area contributed by atoms with Gasteiger partial charge in [0, 0.05) is 40.3 Å². The van der Waals surface area contributed by atoms with Crippen molar-refractivity contribution in [1.29, 1.82) is 0 Å². The highest BCUT2D eigenvalue weighted by Gasteiger charge is 2.12. The second-order valence-electron chi connectivity index (χ2n) is 7.89. The topological polar surface area (TPSA) is 52.5 Å². The number of halogens is 1. The van der Waals surface area contributed by atoms with E-state index in [1.807, 2.05) is 6.07 Å². The Kier molecular flexibility index (Phi) is 6.90. The smallest absolute Gasteiger partial charge is 0.255 e. The molecule has 5 nitrogen and oxygen atoms in total. The Balaban J connectivity index is 1.47. The van der Waals surface area contributed by atoms with E-state index >= 15 is 0 Å². The molecule has 1 aromatic heterocycles. The van der Waals surface area contributed by atoms with E-state index in [2.05, 4.69) is 35.9 Å². The minimum absolute atomic E-state index is 0.183. The molecule has 0 fully saturated rings. The molecule has 1 amide bonds. The van der Waals surface area contributed by atoms with Crippen LogP contribution in [0, 0.1) is 13.8 Å². The monoisotopic (exact) mass is 462 g/mol. The predicted molar refractivity (Wildman–Crippen MR) is 134 cm³/mol. The van der Waals surface area contributed by atoms with Crippen molar-refractivity contribution in [3.8, 4) is 17.2 Å². The number of alkyl halides is 1. The van der Waals surface area contributed by atoms with Crippen LogP contribution in [0.2, 0.25) is 0 Å². The van der Waals surface area contributed by atoms with Crippen LogP contribution in [-0.2, 0) is 6.54 Å². The average molecular weight is 463 g/mol. The van der Waals surface area contributed by atoms with E-state index in [9.17, 15) is 4.79 Å². The maximum Gasteiger partial charge on any atom is 0.255 e. The Morgan fingerprint density at radius 2 is 1.61 bits per heavy atom. The van der Waals surface area contributed by atoms with Gasteiger partial charge in [-0.3, -0.25) is 4.79 Å². The average Bonchev–Trinajstić information content (AvgIpc) is 3.07. The van der Waals surface area contributed by atoms with E-state index < -0.39 is 0 Å². The van der Waals surface area contributed by atoms with E-state index in [0.29, 0.717) is 22.9 Å². The molecule has 4 rings (SSSR count). The van der Waals surface area contributed by atoms with Crippen molar-refractivity contribution in [2.45, 2.75) is 26.8 Å². The number of ether oxygens (including phenoxy) is 2. The number of rotatable bonds is 8. The number of aromatic nitrogens is 1. The van der Waals surface area contributed by atoms with Crippen LogP contribution in [-0.4, -0.2) is 23.5 Å². The zero-order valence-corrected chi connectivity index (χ0v) is 19.8. The van der Waals surface area contributed by atoms with Crippen LogP contribution in [0.15, 0.2) is 66.7 Å². The van der Waals surface area contributed by atoms with Gasteiger partial charge in [-0.1, -0.05) is 0 Å². The first-order valence-corrected chi connectivity index (χ1v) is 11.4. The summed E-state index contributed by atoms with van der Waals surface area (Å²) in [4.78, 5) is 12.5. The predicted octanol–water partition coefficient (Wildman–Crippen LogP) is 6.94. The van der Waals surface area contributed by atoms with Crippen LogP contribution < -0.4 is 14.8 Å². The van der Waals surface area contributed by atoms with Gasteiger partial charge in [-0.2, -0.15) is 0 Å². The molecule has 4 aromatic rings. The van der Waals surface area contributed by atoms with Gasteiger partial charge in [0.25, 0.3) is 5.91 Å². The fourth-order valence-corrected chi connectivity index (χ4v) is 4.01. The largest absolute Gasteiger partial charge is 0.497 e. The molecule has 3 aromatic carbocycles. The number of methoxy groups -OCH3 is 1. The van der Waals surface area contributed by atoms with Crippen molar-refractivity contribution >= 4 is 34.1 Å². The van der Waals surface area contributed by atoms with E-state index in [0.717, 1.165) is 24.5 Å². The van der Waals surface area contributed by atoms with E-state index in [1.165, 1.54) is 22.2 Å². The molecule has 0 unspecified atom stereocenters. The lowest BCUT2D eigenvalue weighted by molar-refractivity contribution is 0.102. The standard InChI is InChI=1S/C27H27ClN2O3/c1-18-19(2)30(16-4-15-28)26-14-13-24(17-25(18)26)33-23-9-5-20(6-10-23)27(31)29-21-7-11-22(32-3)12-8-21/h5-14,17H,4,15-16H2,1-3H3,(H,29,31). The molecule has 0 radical (unpaired) electrons. The van der Waals surface area contributed by atoms with E-state index in [1.54, 1.807) is 55.6 Å². The number of carbonyl (C=O) groups is 1. The third-order valence-corrected chi connectivity index (χ3v) is 6.09. The summed E-state index contributed by atoms with van der Waals surface area (Å²) in [5.41, 5.74) is 4.94. The summed E-state index contributed by atoms with van der Waals surface area (Å²) < 4.78 is 13.5. The van der Waals surface area contributed by atoms with Crippen LogP contribution in [0.4, 0.5) is 5.69 Å². The van der Waals surface area contributed by atoms with Gasteiger partial charge in [0.15, 0.2) is 0 Å². The zero-order valence-electron chi connectivity index (χ0n) is 19.0. The van der Waals surface area contributed by atoms with Crippen molar-refractivity contribution in [2.24, 2.45) is 0 Å². The summed E-state index contributed by atoms with van der Waals surface area (Å²) in [6, 6.07) is 20.5. The molecule has 1 heterocycles. The molecule has 1 N–H and O–H groups in total. The Bertz CT molecular complexity index is 1260. The molecule has 0 bridgehead atoms. The number of aryl methyl sites for hydroxylation is 2. The van der Waals surface area contributed by atoms with Crippen LogP contribution in [0.25, 0.3) is 10.9 Å². The molecule has 0 aliphatic carbocycles. The van der Waals surface area contributed by atoms with Gasteiger partial charge < -0.3 is 19.4 Å². The third kappa shape index (κ3) is 4.99. The van der Waals surface area contributed by atoms with Crippen LogP contribution >= 0.6 is 11.6 Å². The first-order chi connectivity index (χ1) is 16.0. The SMILES string of the molecule is COc1ccc(NC(=O)c2ccc(Oc3ccc4c(c3)c(C)c(C)n4CCCCl)cc2)cc1. The summed E-state index contributed by atoms with van der Waals surface area (Å²) in [5.74, 6) is 2.64. The number of carbonyl (C=O) groups excluding carboxylic acids is 1. The number of amides is 1. The van der Waals surface area contributed by atoms with Crippen LogP contribution in [0.5, 0.6) is 17.2 Å². The highest BCUT2D eigenvalue weighted by atomic mass is 35.5. The molecule has 0 saturated carbocycles. The summed E-state index contributed by atoms with van der Waals surface area (Å²) in [6.07, 6.45) is 0.933. The van der Waals surface area contributed by atoms with Gasteiger partial charge in [0.05, 0.1) is 7.11 Å². The van der Waals surface area contributed by atoms with Gasteiger partial charge in [-0.05, 0) is 92.6 Å². The minimum atomic E-state index is -0.183. The normalized spacial score (nSPS) is 10.9. The fourth-order valence-electron chi connectivity index (χ4n) is 3.89. The molecular formula is C27H27ClN2O3. The molecule has 6 heteroatoms. The molecule has 0 spiro atoms. The van der Waals surface area contributed by atoms with Crippen molar-refractivity contribution in [3.05, 3.63) is 83.6 Å². The number of nitrogens with one attached hydrogen (secondary N) is 1. The van der Waals surface area contributed by atoms with Crippen molar-refractivity contribution in [3.63, 3.8) is 0 Å². The summed E-state index contributed by atoms with van der Waals surface area (Å²) in [5, 5.41) is 4.06. The number of hydrogen-bond acceptors (Lipinski definition) is 3. The molecular weight excluding hydrogens is 436 g/mol. The van der Waals surface area contributed by atoms with Gasteiger partial charge in [-0.15, -0.1) is 11.6 Å². The lowest BCUT2D eigenvalue weighted by Crippen LogP contribution is -2.11. The van der Waals surface area contributed by atoms with Gasteiger partial charge >= 0.3 is 0 Å². The first-order valence-electron chi connectivity index (χ1n) is 10.9. The van der Waals surface area contributed by atoms with Gasteiger partial charge in [-0.25, -0.2) is 0 Å². The van der Waals surface area contributed by atoms with E-state index in [-0.39, 0.29) is 5.91 Å². The molecule has 0 saturated heterocycles. The maximum atomic E-state index is 12.5. The third-order valence-electron chi connectivity index (χ3n) is 5.83. The maximum absolute atomic E-state index is 12.5. The Morgan fingerprint density at radius 3 is 2.27 bits per heavy atom. The quantitative estimate of drug-likeness (QED) is 0.288. The van der Waals surface area contributed by atoms with Crippen molar-refractivity contribution < 1.29 is 14.3 Å². The number of benzene rings is 3. The molecule has 33 heavy (non-hydrogen) atoms. The van der Waals surface area contributed by atoms with Gasteiger partial charge in [0.1, 0.15) is 17.2 Å². The Morgan fingerprint density at radius 1 is 0.939 bits per heavy atom. The highest BCUT2D eigenvalue weighted by molar-refractivity contribution is 6.17. The fraction of sp³-hybridized carbons (Fsp3) is 0.222. The number of fused-ring (bicyclic) bond motifs is 1. The molecule has 0 atom stereocenters. The summed E-state index contributed by atoms with van der Waals surface area (Å²) >= 11 is 5.90. The van der Waals surface area contributed by atoms with Crippen LogP contribution in [0.1, 0.15) is 28.0 Å². The van der Waals surface area contributed by atoms with Crippen LogP contribution in [0.3, 0.4) is 0 Å². The molecule has 170 valence electrons. The Hall–Kier alpha value is -3.44. The summed E-state index contributed by atoms with van der Waals surface area (Å²) in [7, 11) is 1.61. The lowest BCUT2D eigenvalue weighted by atomic mass is 10.1. The lowest BCUT2D eigenvalue weighted by Gasteiger charge is -2.09. The second kappa shape index (κ2) is 10.0. The molecule has 0 aliphatic heterocycles. The highest BCUT2D eigenvalue weighted by Crippen LogP contribution is 2.31. The second-order valence-corrected chi connectivity index (χ2v) is 8.27. The molecule has 0 aliphatic rings. The first kappa shape index (κ1) is 22.7. The summed E-state index contributed by atoms with van der Waals surface area (Å²) in [6.45, 7) is 5.18. The number of hydrogen-bond donors (Lipinski definition) is 1.